The normalized spacial score (nSPS) is 11.7. The average Bonchev–Trinajstić information content (AvgIpc) is 3.04. The fourth-order valence-corrected chi connectivity index (χ4v) is 3.34. The second-order valence-corrected chi connectivity index (χ2v) is 8.21. The lowest BCUT2D eigenvalue weighted by molar-refractivity contribution is -0.124. The van der Waals surface area contributed by atoms with E-state index in [9.17, 15) is 18.8 Å². The number of carbonyl (C=O) groups is 3. The molecule has 0 saturated carbocycles. The second kappa shape index (κ2) is 8.91. The summed E-state index contributed by atoms with van der Waals surface area (Å²) in [5, 5.41) is 2.59. The quantitative estimate of drug-likeness (QED) is 0.623. The minimum atomic E-state index is -0.872. The molecule has 0 unspecified atom stereocenters. The molecule has 6 nitrogen and oxygen atoms in total. The predicted molar refractivity (Wildman–Crippen MR) is 100 cm³/mol. The highest BCUT2D eigenvalue weighted by Gasteiger charge is 2.25. The number of halogens is 2. The number of hydrogen-bond acceptors (Lipinski definition) is 4. The molecule has 0 radical (unpaired) electrons. The molecular formula is C17H17BrFN3O3S. The van der Waals surface area contributed by atoms with Gasteiger partial charge in [0.05, 0.1) is 8.66 Å². The van der Waals surface area contributed by atoms with Gasteiger partial charge in [-0.2, -0.15) is 0 Å². The molecule has 0 bridgehead atoms. The molecule has 0 spiro atoms. The van der Waals surface area contributed by atoms with Gasteiger partial charge in [-0.25, -0.2) is 4.39 Å². The molecule has 0 aliphatic heterocycles. The third-order valence-electron chi connectivity index (χ3n) is 3.44. The van der Waals surface area contributed by atoms with Crippen molar-refractivity contribution in [1.29, 1.82) is 0 Å². The standard InChI is InChI=1S/C17H17BrFN3O3S/c1-9(2)14(20-15(23)10-3-5-11(19)6-4-10)17(25)22-21-16(24)12-7-8-13(18)26-12/h3-9,14H,1-2H3,(H,20,23)(H,21,24)(H,22,25)/t14-/m0/s1. The van der Waals surface area contributed by atoms with Crippen molar-refractivity contribution in [3.05, 3.63) is 56.4 Å². The molecular weight excluding hydrogens is 425 g/mol. The molecule has 2 aromatic rings. The Morgan fingerprint density at radius 1 is 1.00 bits per heavy atom. The summed E-state index contributed by atoms with van der Waals surface area (Å²) in [5.41, 5.74) is 4.87. The van der Waals surface area contributed by atoms with E-state index >= 15 is 0 Å². The van der Waals surface area contributed by atoms with Crippen LogP contribution < -0.4 is 16.2 Å². The molecule has 1 aromatic carbocycles. The number of amides is 3. The fourth-order valence-electron chi connectivity index (χ4n) is 2.05. The van der Waals surface area contributed by atoms with Crippen LogP contribution in [0.3, 0.4) is 0 Å². The molecule has 138 valence electrons. The Bertz CT molecular complexity index is 808. The van der Waals surface area contributed by atoms with Gasteiger partial charge in [0.2, 0.25) is 0 Å². The third kappa shape index (κ3) is 5.37. The minimum Gasteiger partial charge on any atom is -0.340 e. The van der Waals surface area contributed by atoms with E-state index in [4.69, 9.17) is 0 Å². The van der Waals surface area contributed by atoms with Crippen LogP contribution in [0, 0.1) is 11.7 Å². The van der Waals surface area contributed by atoms with E-state index in [1.165, 1.54) is 35.6 Å². The highest BCUT2D eigenvalue weighted by molar-refractivity contribution is 9.11. The van der Waals surface area contributed by atoms with Crippen molar-refractivity contribution in [1.82, 2.24) is 16.2 Å². The summed E-state index contributed by atoms with van der Waals surface area (Å²) in [7, 11) is 0. The third-order valence-corrected chi connectivity index (χ3v) is 5.06. The van der Waals surface area contributed by atoms with Crippen LogP contribution in [0.15, 0.2) is 40.2 Å². The number of hydrazine groups is 1. The molecule has 1 heterocycles. The van der Waals surface area contributed by atoms with Gasteiger partial charge < -0.3 is 5.32 Å². The van der Waals surface area contributed by atoms with Gasteiger partial charge in [0.1, 0.15) is 11.9 Å². The zero-order valence-corrected chi connectivity index (χ0v) is 16.4. The molecule has 0 fully saturated rings. The van der Waals surface area contributed by atoms with Crippen LogP contribution in [0.5, 0.6) is 0 Å². The molecule has 0 aliphatic rings. The van der Waals surface area contributed by atoms with Crippen molar-refractivity contribution in [2.75, 3.05) is 0 Å². The van der Waals surface area contributed by atoms with E-state index in [1.54, 1.807) is 26.0 Å². The molecule has 0 saturated heterocycles. The monoisotopic (exact) mass is 441 g/mol. The summed E-state index contributed by atoms with van der Waals surface area (Å²) in [5.74, 6) is -2.21. The fraction of sp³-hybridized carbons (Fsp3) is 0.235. The van der Waals surface area contributed by atoms with E-state index in [-0.39, 0.29) is 11.5 Å². The molecule has 3 N–H and O–H groups in total. The number of carbonyl (C=O) groups excluding carboxylic acids is 3. The Morgan fingerprint density at radius 2 is 1.65 bits per heavy atom. The van der Waals surface area contributed by atoms with Crippen molar-refractivity contribution >= 4 is 45.0 Å². The van der Waals surface area contributed by atoms with Crippen molar-refractivity contribution in [2.24, 2.45) is 5.92 Å². The molecule has 26 heavy (non-hydrogen) atoms. The largest absolute Gasteiger partial charge is 0.340 e. The first-order chi connectivity index (χ1) is 12.3. The van der Waals surface area contributed by atoms with Crippen LogP contribution in [-0.4, -0.2) is 23.8 Å². The zero-order chi connectivity index (χ0) is 19.3. The first kappa shape index (κ1) is 20.1. The number of thiophene rings is 1. The average molecular weight is 442 g/mol. The maximum Gasteiger partial charge on any atom is 0.279 e. The summed E-state index contributed by atoms with van der Waals surface area (Å²) in [4.78, 5) is 37.0. The van der Waals surface area contributed by atoms with E-state index in [2.05, 4.69) is 32.1 Å². The van der Waals surface area contributed by atoms with Crippen molar-refractivity contribution in [3.63, 3.8) is 0 Å². The summed E-state index contributed by atoms with van der Waals surface area (Å²) < 4.78 is 13.7. The van der Waals surface area contributed by atoms with Gasteiger partial charge in [-0.15, -0.1) is 11.3 Å². The predicted octanol–water partition coefficient (Wildman–Crippen LogP) is 2.87. The van der Waals surface area contributed by atoms with Gasteiger partial charge in [-0.3, -0.25) is 25.2 Å². The van der Waals surface area contributed by atoms with Gasteiger partial charge in [0.25, 0.3) is 17.7 Å². The van der Waals surface area contributed by atoms with Crippen molar-refractivity contribution in [2.45, 2.75) is 19.9 Å². The van der Waals surface area contributed by atoms with Crippen molar-refractivity contribution < 1.29 is 18.8 Å². The summed E-state index contributed by atoms with van der Waals surface area (Å²) >= 11 is 4.48. The van der Waals surface area contributed by atoms with Gasteiger partial charge in [0.15, 0.2) is 0 Å². The summed E-state index contributed by atoms with van der Waals surface area (Å²) in [6, 6.07) is 7.46. The Hall–Kier alpha value is -2.26. The van der Waals surface area contributed by atoms with Crippen LogP contribution in [0.25, 0.3) is 0 Å². The lowest BCUT2D eigenvalue weighted by atomic mass is 10.0. The van der Waals surface area contributed by atoms with E-state index < -0.39 is 29.6 Å². The lowest BCUT2D eigenvalue weighted by Crippen LogP contribution is -2.54. The van der Waals surface area contributed by atoms with E-state index in [0.29, 0.717) is 4.88 Å². The number of rotatable bonds is 5. The van der Waals surface area contributed by atoms with Crippen LogP contribution in [0.4, 0.5) is 4.39 Å². The summed E-state index contributed by atoms with van der Waals surface area (Å²) in [6.45, 7) is 3.51. The number of nitrogens with one attached hydrogen (secondary N) is 3. The van der Waals surface area contributed by atoms with Gasteiger partial charge >= 0.3 is 0 Å². The van der Waals surface area contributed by atoms with Gasteiger partial charge in [-0.05, 0) is 58.2 Å². The van der Waals surface area contributed by atoms with Gasteiger partial charge in [0, 0.05) is 5.56 Å². The zero-order valence-electron chi connectivity index (χ0n) is 14.0. The minimum absolute atomic E-state index is 0.229. The molecule has 9 heteroatoms. The Morgan fingerprint density at radius 3 is 2.19 bits per heavy atom. The topological polar surface area (TPSA) is 87.3 Å². The maximum atomic E-state index is 12.9. The maximum absolute atomic E-state index is 12.9. The summed E-state index contributed by atoms with van der Waals surface area (Å²) in [6.07, 6.45) is 0. The van der Waals surface area contributed by atoms with Crippen LogP contribution >= 0.6 is 27.3 Å². The number of hydrogen-bond donors (Lipinski definition) is 3. The first-order valence-corrected chi connectivity index (χ1v) is 9.31. The van der Waals surface area contributed by atoms with E-state index in [0.717, 1.165) is 3.79 Å². The van der Waals surface area contributed by atoms with Crippen LogP contribution in [-0.2, 0) is 4.79 Å². The van der Waals surface area contributed by atoms with Gasteiger partial charge in [-0.1, -0.05) is 13.8 Å². The van der Waals surface area contributed by atoms with Crippen LogP contribution in [0.1, 0.15) is 33.9 Å². The van der Waals surface area contributed by atoms with E-state index in [1.807, 2.05) is 0 Å². The second-order valence-electron chi connectivity index (χ2n) is 5.75. The Labute approximate surface area is 162 Å². The SMILES string of the molecule is CC(C)[C@H](NC(=O)c1ccc(F)cc1)C(=O)NNC(=O)c1ccc(Br)s1. The highest BCUT2D eigenvalue weighted by atomic mass is 79.9. The molecule has 1 atom stereocenters. The number of benzene rings is 1. The van der Waals surface area contributed by atoms with Crippen molar-refractivity contribution in [3.8, 4) is 0 Å². The smallest absolute Gasteiger partial charge is 0.279 e. The van der Waals surface area contributed by atoms with Crippen LogP contribution in [0.2, 0.25) is 0 Å². The molecule has 0 aliphatic carbocycles. The first-order valence-electron chi connectivity index (χ1n) is 7.70. The molecule has 3 amide bonds. The Kier molecular flexibility index (Phi) is 6.87. The Balaban J connectivity index is 1.97. The lowest BCUT2D eigenvalue weighted by Gasteiger charge is -2.21. The highest BCUT2D eigenvalue weighted by Crippen LogP contribution is 2.21. The molecule has 2 rings (SSSR count). The molecule has 1 aromatic heterocycles.